The Bertz CT molecular complexity index is 1090. The Morgan fingerprint density at radius 3 is 2.54 bits per heavy atom. The zero-order valence-electron chi connectivity index (χ0n) is 15.8. The highest BCUT2D eigenvalue weighted by Gasteiger charge is 2.13. The Morgan fingerprint density at radius 2 is 1.79 bits per heavy atom. The van der Waals surface area contributed by atoms with Gasteiger partial charge in [0.05, 0.1) is 11.4 Å². The summed E-state index contributed by atoms with van der Waals surface area (Å²) >= 11 is 1.59. The number of thiazole rings is 1. The summed E-state index contributed by atoms with van der Waals surface area (Å²) < 4.78 is 1.94. The molecule has 0 atom stereocenters. The minimum Gasteiger partial charge on any atom is -0.336 e. The highest BCUT2D eigenvalue weighted by Crippen LogP contribution is 2.29. The van der Waals surface area contributed by atoms with E-state index in [1.807, 2.05) is 67.1 Å². The molecule has 28 heavy (non-hydrogen) atoms. The Kier molecular flexibility index (Phi) is 5.08. The van der Waals surface area contributed by atoms with Gasteiger partial charge in [0.15, 0.2) is 0 Å². The Morgan fingerprint density at radius 1 is 1.04 bits per heavy atom. The van der Waals surface area contributed by atoms with Gasteiger partial charge < -0.3 is 9.88 Å². The number of amides is 1. The summed E-state index contributed by atoms with van der Waals surface area (Å²) in [5, 5.41) is 5.95. The molecule has 5 heteroatoms. The number of hydrogen-bond acceptors (Lipinski definition) is 3. The van der Waals surface area contributed by atoms with Gasteiger partial charge in [-0.15, -0.1) is 11.3 Å². The second kappa shape index (κ2) is 7.82. The van der Waals surface area contributed by atoms with Crippen LogP contribution in [-0.2, 0) is 11.3 Å². The predicted octanol–water partition coefficient (Wildman–Crippen LogP) is 5.53. The lowest BCUT2D eigenvalue weighted by molar-refractivity contribution is -0.116. The number of benzene rings is 2. The third kappa shape index (κ3) is 4.05. The molecule has 2 aromatic carbocycles. The molecule has 0 saturated heterocycles. The number of rotatable bonds is 5. The number of hydrogen-bond donors (Lipinski definition) is 1. The van der Waals surface area contributed by atoms with Crippen LogP contribution in [0.25, 0.3) is 22.0 Å². The smallest absolute Gasteiger partial charge is 0.244 e. The monoisotopic (exact) mass is 387 g/mol. The number of aryl methyl sites for hydroxylation is 2. The van der Waals surface area contributed by atoms with Crippen molar-refractivity contribution in [2.75, 3.05) is 5.32 Å². The van der Waals surface area contributed by atoms with Crippen LogP contribution in [0.15, 0.2) is 72.2 Å². The molecule has 1 N–H and O–H groups in total. The molecule has 4 nitrogen and oxygen atoms in total. The van der Waals surface area contributed by atoms with E-state index in [1.54, 1.807) is 11.3 Å². The average molecular weight is 388 g/mol. The van der Waals surface area contributed by atoms with Gasteiger partial charge in [0.25, 0.3) is 0 Å². The van der Waals surface area contributed by atoms with Crippen molar-refractivity contribution in [1.29, 1.82) is 0 Å². The quantitative estimate of drug-likeness (QED) is 0.489. The van der Waals surface area contributed by atoms with Crippen LogP contribution in [0.2, 0.25) is 0 Å². The lowest BCUT2D eigenvalue weighted by Crippen LogP contribution is -2.18. The largest absolute Gasteiger partial charge is 0.336 e. The third-order valence-corrected chi connectivity index (χ3v) is 5.31. The molecule has 0 fully saturated rings. The summed E-state index contributed by atoms with van der Waals surface area (Å²) in [4.78, 5) is 17.3. The number of carbonyl (C=O) groups excluding carboxylic acids is 1. The van der Waals surface area contributed by atoms with Crippen LogP contribution in [0, 0.1) is 13.8 Å². The molecule has 1 amide bonds. The van der Waals surface area contributed by atoms with Crippen molar-refractivity contribution in [1.82, 2.24) is 9.55 Å². The van der Waals surface area contributed by atoms with Gasteiger partial charge in [-0.3, -0.25) is 4.79 Å². The predicted molar refractivity (Wildman–Crippen MR) is 116 cm³/mol. The minimum absolute atomic E-state index is 0.0534. The van der Waals surface area contributed by atoms with Crippen LogP contribution in [0.4, 0.5) is 5.69 Å². The van der Waals surface area contributed by atoms with E-state index in [4.69, 9.17) is 4.98 Å². The lowest BCUT2D eigenvalue weighted by Gasteiger charge is -2.10. The third-order valence-electron chi connectivity index (χ3n) is 4.44. The van der Waals surface area contributed by atoms with Gasteiger partial charge >= 0.3 is 0 Å². The summed E-state index contributed by atoms with van der Waals surface area (Å²) in [7, 11) is 0. The first-order valence-electron chi connectivity index (χ1n) is 9.13. The van der Waals surface area contributed by atoms with Crippen LogP contribution in [0.5, 0.6) is 0 Å². The molecule has 2 aromatic heterocycles. The van der Waals surface area contributed by atoms with Gasteiger partial charge in [-0.25, -0.2) is 4.98 Å². The molecule has 4 rings (SSSR count). The van der Waals surface area contributed by atoms with Crippen molar-refractivity contribution in [3.8, 4) is 22.0 Å². The van der Waals surface area contributed by atoms with E-state index in [1.165, 1.54) is 0 Å². The number of aromatic nitrogens is 2. The molecule has 4 aromatic rings. The molecule has 0 aliphatic rings. The van der Waals surface area contributed by atoms with Gasteiger partial charge in [-0.2, -0.15) is 0 Å². The maximum absolute atomic E-state index is 12.6. The van der Waals surface area contributed by atoms with Crippen molar-refractivity contribution >= 4 is 22.9 Å². The van der Waals surface area contributed by atoms with E-state index in [-0.39, 0.29) is 12.5 Å². The second-order valence-corrected chi connectivity index (χ2v) is 7.71. The number of nitrogens with one attached hydrogen (secondary N) is 1. The first-order valence-corrected chi connectivity index (χ1v) is 10.0. The van der Waals surface area contributed by atoms with Crippen LogP contribution in [-0.4, -0.2) is 15.5 Å². The van der Waals surface area contributed by atoms with Gasteiger partial charge in [0, 0.05) is 22.8 Å². The second-order valence-electron chi connectivity index (χ2n) is 6.85. The van der Waals surface area contributed by atoms with Gasteiger partial charge in [0.2, 0.25) is 5.91 Å². The van der Waals surface area contributed by atoms with Crippen LogP contribution in [0.1, 0.15) is 11.1 Å². The fourth-order valence-corrected chi connectivity index (χ4v) is 4.15. The number of anilines is 1. The topological polar surface area (TPSA) is 46.9 Å². The summed E-state index contributed by atoms with van der Waals surface area (Å²) in [6.45, 7) is 4.30. The summed E-state index contributed by atoms with van der Waals surface area (Å²) in [5.41, 5.74) is 6.09. The molecule has 2 heterocycles. The van der Waals surface area contributed by atoms with Crippen LogP contribution in [0.3, 0.4) is 0 Å². The highest BCUT2D eigenvalue weighted by atomic mass is 32.1. The van der Waals surface area contributed by atoms with E-state index >= 15 is 0 Å². The van der Waals surface area contributed by atoms with Crippen LogP contribution < -0.4 is 5.32 Å². The normalized spacial score (nSPS) is 10.8. The van der Waals surface area contributed by atoms with Gasteiger partial charge in [-0.05, 0) is 49.2 Å². The maximum Gasteiger partial charge on any atom is 0.244 e. The summed E-state index contributed by atoms with van der Waals surface area (Å²) in [5.74, 6) is -0.0534. The molecule has 0 aliphatic carbocycles. The maximum atomic E-state index is 12.6. The van der Waals surface area contributed by atoms with E-state index in [0.717, 1.165) is 38.8 Å². The van der Waals surface area contributed by atoms with Crippen molar-refractivity contribution < 1.29 is 4.79 Å². The Labute approximate surface area is 168 Å². The van der Waals surface area contributed by atoms with Crippen molar-refractivity contribution in [3.63, 3.8) is 0 Å². The van der Waals surface area contributed by atoms with E-state index in [0.29, 0.717) is 0 Å². The van der Waals surface area contributed by atoms with E-state index in [2.05, 4.69) is 28.9 Å². The fourth-order valence-electron chi connectivity index (χ4n) is 3.28. The molecule has 0 saturated carbocycles. The average Bonchev–Trinajstić information content (AvgIpc) is 3.30. The van der Waals surface area contributed by atoms with Crippen molar-refractivity contribution in [3.05, 3.63) is 83.4 Å². The molecule has 0 aliphatic heterocycles. The minimum atomic E-state index is -0.0534. The first-order chi connectivity index (χ1) is 13.6. The molecular weight excluding hydrogens is 366 g/mol. The summed E-state index contributed by atoms with van der Waals surface area (Å²) in [6, 6.07) is 20.1. The van der Waals surface area contributed by atoms with Crippen LogP contribution >= 0.6 is 11.3 Å². The Hall–Kier alpha value is -3.18. The van der Waals surface area contributed by atoms with E-state index < -0.39 is 0 Å². The number of carbonyl (C=O) groups is 1. The standard InChI is InChI=1S/C23H21N3OS/c1-16-11-17(2)13-19(12-16)24-22(27)14-26-10-6-9-21(26)23-25-20(15-28-23)18-7-4-3-5-8-18/h3-13,15H,14H2,1-2H3,(H,24,27). The Balaban J connectivity index is 1.51. The molecule has 0 radical (unpaired) electrons. The molecule has 0 unspecified atom stereocenters. The molecule has 0 bridgehead atoms. The fraction of sp³-hybridized carbons (Fsp3) is 0.130. The first kappa shape index (κ1) is 18.2. The van der Waals surface area contributed by atoms with Gasteiger partial charge in [-0.1, -0.05) is 36.4 Å². The van der Waals surface area contributed by atoms with Crippen molar-refractivity contribution in [2.24, 2.45) is 0 Å². The zero-order chi connectivity index (χ0) is 19.5. The van der Waals surface area contributed by atoms with Crippen molar-refractivity contribution in [2.45, 2.75) is 20.4 Å². The number of nitrogens with zero attached hydrogens (tertiary/aromatic N) is 2. The van der Waals surface area contributed by atoms with Gasteiger partial charge in [0.1, 0.15) is 11.6 Å². The SMILES string of the molecule is Cc1cc(C)cc(NC(=O)Cn2cccc2-c2nc(-c3ccccc3)cs2)c1. The lowest BCUT2D eigenvalue weighted by atomic mass is 10.1. The summed E-state index contributed by atoms with van der Waals surface area (Å²) in [6.07, 6.45) is 1.92. The molecule has 0 spiro atoms. The molecular formula is C23H21N3OS. The molecule has 140 valence electrons. The highest BCUT2D eigenvalue weighted by molar-refractivity contribution is 7.13. The van der Waals surface area contributed by atoms with E-state index in [9.17, 15) is 4.79 Å². The zero-order valence-corrected chi connectivity index (χ0v) is 16.7.